The minimum absolute atomic E-state index is 0.371. The number of carboxylic acids is 1. The molecule has 1 aromatic heterocycles. The lowest BCUT2D eigenvalue weighted by Gasteiger charge is -2.17. The van der Waals surface area contributed by atoms with Gasteiger partial charge >= 0.3 is 5.97 Å². The Morgan fingerprint density at radius 2 is 2.22 bits per heavy atom. The topological polar surface area (TPSA) is 96.5 Å². The van der Waals surface area contributed by atoms with Gasteiger partial charge in [-0.1, -0.05) is 0 Å². The zero-order chi connectivity index (χ0) is 13.3. The van der Waals surface area contributed by atoms with E-state index in [0.717, 1.165) is 0 Å². The first-order valence-corrected chi connectivity index (χ1v) is 5.73. The molecule has 1 aromatic rings. The molecule has 2 heterocycles. The summed E-state index contributed by atoms with van der Waals surface area (Å²) >= 11 is 0. The molecule has 0 aromatic carbocycles. The Morgan fingerprint density at radius 3 is 2.78 bits per heavy atom. The largest absolute Gasteiger partial charge is 0.481 e. The highest BCUT2D eigenvalue weighted by molar-refractivity contribution is 5.93. The van der Waals surface area contributed by atoms with E-state index in [-0.39, 0.29) is 5.92 Å². The van der Waals surface area contributed by atoms with Gasteiger partial charge in [0.1, 0.15) is 5.82 Å². The van der Waals surface area contributed by atoms with E-state index >= 15 is 0 Å². The Bertz CT molecular complexity index is 501. The Hall–Kier alpha value is -2.11. The highest BCUT2D eigenvalue weighted by atomic mass is 16.4. The molecule has 18 heavy (non-hydrogen) atoms. The maximum Gasteiger partial charge on any atom is 0.308 e. The number of rotatable bonds is 3. The van der Waals surface area contributed by atoms with Gasteiger partial charge in [0.2, 0.25) is 5.91 Å². The Balaban J connectivity index is 2.24. The van der Waals surface area contributed by atoms with Crippen molar-refractivity contribution < 1.29 is 14.7 Å². The van der Waals surface area contributed by atoms with E-state index in [9.17, 15) is 9.59 Å². The van der Waals surface area contributed by atoms with E-state index in [1.165, 1.54) is 0 Å². The van der Waals surface area contributed by atoms with Crippen molar-refractivity contribution in [3.05, 3.63) is 23.4 Å². The van der Waals surface area contributed by atoms with Crippen LogP contribution < -0.4 is 10.6 Å². The smallest absolute Gasteiger partial charge is 0.308 e. The third-order valence-electron chi connectivity index (χ3n) is 3.09. The SMILES string of the molecule is Cc1cc(C(N)=O)cc(N2CCC(C(=O)O)C2)n1. The Morgan fingerprint density at radius 1 is 1.50 bits per heavy atom. The molecule has 1 aliphatic rings. The van der Waals surface area contributed by atoms with Crippen LogP contribution in [0.4, 0.5) is 5.82 Å². The molecule has 0 radical (unpaired) electrons. The van der Waals surface area contributed by atoms with E-state index in [1.54, 1.807) is 19.1 Å². The fourth-order valence-corrected chi connectivity index (χ4v) is 2.13. The van der Waals surface area contributed by atoms with Crippen molar-refractivity contribution in [3.63, 3.8) is 0 Å². The van der Waals surface area contributed by atoms with E-state index in [0.29, 0.717) is 36.6 Å². The molecule has 1 amide bonds. The summed E-state index contributed by atoms with van der Waals surface area (Å²) in [5, 5.41) is 8.95. The summed E-state index contributed by atoms with van der Waals surface area (Å²) in [6.07, 6.45) is 0.594. The standard InChI is InChI=1S/C12H15N3O3/c1-7-4-9(11(13)16)5-10(14-7)15-3-2-8(6-15)12(17)18/h4-5,8H,2-3,6H2,1H3,(H2,13,16)(H,17,18). The summed E-state index contributed by atoms with van der Waals surface area (Å²) in [7, 11) is 0. The fourth-order valence-electron chi connectivity index (χ4n) is 2.13. The monoisotopic (exact) mass is 249 g/mol. The summed E-state index contributed by atoms with van der Waals surface area (Å²) in [6, 6.07) is 3.23. The third kappa shape index (κ3) is 2.42. The molecule has 0 saturated carbocycles. The normalized spacial score (nSPS) is 18.9. The maximum atomic E-state index is 11.2. The third-order valence-corrected chi connectivity index (χ3v) is 3.09. The molecule has 1 aliphatic heterocycles. The number of aryl methyl sites for hydroxylation is 1. The van der Waals surface area contributed by atoms with E-state index in [4.69, 9.17) is 10.8 Å². The summed E-state index contributed by atoms with van der Waals surface area (Å²) in [5.41, 5.74) is 6.34. The van der Waals surface area contributed by atoms with Crippen molar-refractivity contribution in [1.29, 1.82) is 0 Å². The van der Waals surface area contributed by atoms with Crippen LogP contribution in [0.15, 0.2) is 12.1 Å². The predicted molar refractivity (Wildman–Crippen MR) is 65.4 cm³/mol. The number of pyridine rings is 1. The molecule has 1 atom stereocenters. The molecule has 0 spiro atoms. The van der Waals surface area contributed by atoms with Gasteiger partial charge in [-0.15, -0.1) is 0 Å². The van der Waals surface area contributed by atoms with Crippen LogP contribution in [0.5, 0.6) is 0 Å². The Kier molecular flexibility index (Phi) is 3.18. The number of hydrogen-bond donors (Lipinski definition) is 2. The van der Waals surface area contributed by atoms with Crippen LogP contribution in [0.2, 0.25) is 0 Å². The lowest BCUT2D eigenvalue weighted by molar-refractivity contribution is -0.140. The van der Waals surface area contributed by atoms with Crippen LogP contribution in [0.25, 0.3) is 0 Å². The van der Waals surface area contributed by atoms with Crippen LogP contribution in [-0.2, 0) is 4.79 Å². The highest BCUT2D eigenvalue weighted by Crippen LogP contribution is 2.23. The van der Waals surface area contributed by atoms with Gasteiger partial charge in [-0.3, -0.25) is 9.59 Å². The first kappa shape index (κ1) is 12.3. The minimum atomic E-state index is -0.791. The summed E-state index contributed by atoms with van der Waals surface area (Å²) in [5.74, 6) is -1.05. The molecule has 3 N–H and O–H groups in total. The minimum Gasteiger partial charge on any atom is -0.481 e. The van der Waals surface area contributed by atoms with E-state index in [1.807, 2.05) is 4.90 Å². The molecule has 96 valence electrons. The number of amides is 1. The molecule has 0 bridgehead atoms. The summed E-state index contributed by atoms with van der Waals surface area (Å²) in [4.78, 5) is 28.3. The van der Waals surface area contributed by atoms with Crippen LogP contribution in [-0.4, -0.2) is 35.1 Å². The number of nitrogens with two attached hydrogens (primary N) is 1. The average Bonchev–Trinajstić information content (AvgIpc) is 2.77. The van der Waals surface area contributed by atoms with Crippen molar-refractivity contribution in [2.24, 2.45) is 11.7 Å². The first-order valence-electron chi connectivity index (χ1n) is 5.73. The number of carbonyl (C=O) groups excluding carboxylic acids is 1. The quantitative estimate of drug-likeness (QED) is 0.808. The number of carbonyl (C=O) groups is 2. The lowest BCUT2D eigenvalue weighted by atomic mass is 10.1. The van der Waals surface area contributed by atoms with Gasteiger partial charge in [0, 0.05) is 24.3 Å². The number of nitrogens with zero attached hydrogens (tertiary/aromatic N) is 2. The summed E-state index contributed by atoms with van der Waals surface area (Å²) in [6.45, 7) is 2.83. The van der Waals surface area contributed by atoms with Gasteiger partial charge in [0.05, 0.1) is 5.92 Å². The van der Waals surface area contributed by atoms with Crippen LogP contribution in [0.3, 0.4) is 0 Å². The molecule has 0 aliphatic carbocycles. The number of hydrogen-bond acceptors (Lipinski definition) is 4. The average molecular weight is 249 g/mol. The van der Waals surface area contributed by atoms with Crippen molar-refractivity contribution >= 4 is 17.7 Å². The second-order valence-corrected chi connectivity index (χ2v) is 4.49. The number of aliphatic carboxylic acids is 1. The van der Waals surface area contributed by atoms with Gasteiger partial charge in [0.25, 0.3) is 0 Å². The van der Waals surface area contributed by atoms with Crippen LogP contribution in [0.1, 0.15) is 22.5 Å². The molecule has 1 fully saturated rings. The molecule has 6 nitrogen and oxygen atoms in total. The van der Waals surface area contributed by atoms with Crippen molar-refractivity contribution in [2.45, 2.75) is 13.3 Å². The molecule has 1 unspecified atom stereocenters. The van der Waals surface area contributed by atoms with E-state index in [2.05, 4.69) is 4.98 Å². The van der Waals surface area contributed by atoms with Gasteiger partial charge in [-0.2, -0.15) is 0 Å². The number of primary amides is 1. The molecular formula is C12H15N3O3. The van der Waals surface area contributed by atoms with Crippen molar-refractivity contribution in [1.82, 2.24) is 4.98 Å². The molecule has 1 saturated heterocycles. The van der Waals surface area contributed by atoms with Gasteiger partial charge < -0.3 is 15.7 Å². The molecular weight excluding hydrogens is 234 g/mol. The molecule has 2 rings (SSSR count). The van der Waals surface area contributed by atoms with Crippen molar-refractivity contribution in [3.8, 4) is 0 Å². The Labute approximate surface area is 104 Å². The lowest BCUT2D eigenvalue weighted by Crippen LogP contribution is -2.24. The fraction of sp³-hybridized carbons (Fsp3) is 0.417. The van der Waals surface area contributed by atoms with Crippen molar-refractivity contribution in [2.75, 3.05) is 18.0 Å². The molecule has 6 heteroatoms. The zero-order valence-corrected chi connectivity index (χ0v) is 10.1. The highest BCUT2D eigenvalue weighted by Gasteiger charge is 2.29. The second-order valence-electron chi connectivity index (χ2n) is 4.49. The number of carboxylic acid groups (broad SMARTS) is 1. The maximum absolute atomic E-state index is 11.2. The predicted octanol–water partition coefficient (Wildman–Crippen LogP) is 0.400. The summed E-state index contributed by atoms with van der Waals surface area (Å²) < 4.78 is 0. The van der Waals surface area contributed by atoms with Crippen LogP contribution in [0, 0.1) is 12.8 Å². The van der Waals surface area contributed by atoms with Crippen LogP contribution >= 0.6 is 0 Å². The van der Waals surface area contributed by atoms with Gasteiger partial charge in [-0.05, 0) is 25.5 Å². The number of anilines is 1. The second kappa shape index (κ2) is 4.64. The first-order chi connectivity index (χ1) is 8.47. The van der Waals surface area contributed by atoms with Gasteiger partial charge in [0.15, 0.2) is 0 Å². The number of aromatic nitrogens is 1. The van der Waals surface area contributed by atoms with Gasteiger partial charge in [-0.25, -0.2) is 4.98 Å². The van der Waals surface area contributed by atoms with E-state index < -0.39 is 11.9 Å². The zero-order valence-electron chi connectivity index (χ0n) is 10.1.